The van der Waals surface area contributed by atoms with Crippen LogP contribution in [0, 0.1) is 13.8 Å². The minimum absolute atomic E-state index is 0.162. The first kappa shape index (κ1) is 17.5. The zero-order valence-corrected chi connectivity index (χ0v) is 16.2. The van der Waals surface area contributed by atoms with E-state index in [4.69, 9.17) is 9.47 Å². The summed E-state index contributed by atoms with van der Waals surface area (Å²) in [4.78, 5) is 28.3. The number of aryl methyl sites for hydroxylation is 2. The third-order valence-corrected chi connectivity index (χ3v) is 5.56. The van der Waals surface area contributed by atoms with Gasteiger partial charge in [0.15, 0.2) is 11.5 Å². The summed E-state index contributed by atoms with van der Waals surface area (Å²) in [7, 11) is 0. The highest BCUT2D eigenvalue weighted by Gasteiger charge is 2.28. The molecule has 3 aromatic rings. The van der Waals surface area contributed by atoms with Gasteiger partial charge in [0.05, 0.1) is 11.4 Å². The lowest BCUT2D eigenvalue weighted by Gasteiger charge is -2.27. The van der Waals surface area contributed by atoms with E-state index in [9.17, 15) is 9.59 Å². The molecule has 148 valence electrons. The first-order valence-electron chi connectivity index (χ1n) is 9.47. The highest BCUT2D eigenvalue weighted by atomic mass is 16.7. The zero-order chi connectivity index (χ0) is 20.1. The predicted molar refractivity (Wildman–Crippen MR) is 105 cm³/mol. The fraction of sp³-hybridized carbons (Fsp3) is 0.286. The van der Waals surface area contributed by atoms with Gasteiger partial charge in [-0.25, -0.2) is 0 Å². The molecular formula is C21H20N4O4. The van der Waals surface area contributed by atoms with Crippen molar-refractivity contribution in [3.63, 3.8) is 0 Å². The van der Waals surface area contributed by atoms with Gasteiger partial charge < -0.3 is 14.4 Å². The number of rotatable bonds is 2. The van der Waals surface area contributed by atoms with Crippen molar-refractivity contribution in [3.05, 3.63) is 68.9 Å². The molecule has 0 saturated heterocycles. The van der Waals surface area contributed by atoms with Crippen LogP contribution in [0.3, 0.4) is 0 Å². The standard InChI is InChI=1S/C21H20N4O4/c1-12-5-8-25(14-3-4-17-18(9-14)29-11-28-17)21(27)19(12)20(26)24-7-6-16-15(10-24)13(2)22-23-16/h3-5,8-9H,6-7,10-11H2,1-2H3,(H,22,23). The van der Waals surface area contributed by atoms with Gasteiger partial charge in [-0.3, -0.25) is 19.3 Å². The number of ether oxygens (including phenoxy) is 2. The van der Waals surface area contributed by atoms with Crippen LogP contribution in [0.15, 0.2) is 35.3 Å². The lowest BCUT2D eigenvalue weighted by molar-refractivity contribution is 0.0731. The summed E-state index contributed by atoms with van der Waals surface area (Å²) >= 11 is 0. The molecule has 0 bridgehead atoms. The number of nitrogens with one attached hydrogen (secondary N) is 1. The molecule has 0 fully saturated rings. The maximum atomic E-state index is 13.3. The molecule has 1 aromatic carbocycles. The number of aromatic nitrogens is 3. The maximum Gasteiger partial charge on any atom is 0.268 e. The first-order valence-corrected chi connectivity index (χ1v) is 9.47. The second-order valence-corrected chi connectivity index (χ2v) is 7.34. The number of amides is 1. The highest BCUT2D eigenvalue weighted by molar-refractivity contribution is 5.95. The Morgan fingerprint density at radius 1 is 1.17 bits per heavy atom. The molecule has 8 heteroatoms. The quantitative estimate of drug-likeness (QED) is 0.722. The minimum atomic E-state index is -0.344. The Hall–Kier alpha value is -3.55. The topological polar surface area (TPSA) is 89.4 Å². The third-order valence-electron chi connectivity index (χ3n) is 5.56. The molecule has 2 aliphatic heterocycles. The van der Waals surface area contributed by atoms with Gasteiger partial charge in [0.1, 0.15) is 5.56 Å². The summed E-state index contributed by atoms with van der Waals surface area (Å²) in [5.74, 6) is 0.973. The number of aromatic amines is 1. The summed E-state index contributed by atoms with van der Waals surface area (Å²) < 4.78 is 12.2. The van der Waals surface area contributed by atoms with Gasteiger partial charge in [-0.05, 0) is 37.6 Å². The van der Waals surface area contributed by atoms with E-state index in [-0.39, 0.29) is 23.8 Å². The van der Waals surface area contributed by atoms with Crippen LogP contribution < -0.4 is 15.0 Å². The first-order chi connectivity index (χ1) is 14.0. The molecule has 0 atom stereocenters. The van der Waals surface area contributed by atoms with E-state index in [0.717, 1.165) is 17.0 Å². The summed E-state index contributed by atoms with van der Waals surface area (Å²) in [5, 5.41) is 7.27. The van der Waals surface area contributed by atoms with Gasteiger partial charge in [0.25, 0.3) is 11.5 Å². The number of hydrogen-bond acceptors (Lipinski definition) is 5. The predicted octanol–water partition coefficient (Wildman–Crippen LogP) is 2.10. The SMILES string of the molecule is Cc1ccn(-c2ccc3c(c2)OCO3)c(=O)c1C(=O)N1CCc2n[nH]c(C)c2C1. The second-order valence-electron chi connectivity index (χ2n) is 7.34. The molecule has 1 N–H and O–H groups in total. The van der Waals surface area contributed by atoms with Crippen LogP contribution in [0.2, 0.25) is 0 Å². The van der Waals surface area contributed by atoms with Crippen molar-refractivity contribution in [2.75, 3.05) is 13.3 Å². The van der Waals surface area contributed by atoms with Crippen LogP contribution >= 0.6 is 0 Å². The summed E-state index contributed by atoms with van der Waals surface area (Å²) in [5.41, 5.74) is 4.12. The highest BCUT2D eigenvalue weighted by Crippen LogP contribution is 2.33. The van der Waals surface area contributed by atoms with E-state index in [0.29, 0.717) is 42.3 Å². The fourth-order valence-corrected chi connectivity index (χ4v) is 3.89. The van der Waals surface area contributed by atoms with Crippen molar-refractivity contribution in [1.29, 1.82) is 0 Å². The molecular weight excluding hydrogens is 372 g/mol. The number of carbonyl (C=O) groups excluding carboxylic acids is 1. The Kier molecular flexibility index (Phi) is 3.94. The molecule has 5 rings (SSSR count). The van der Waals surface area contributed by atoms with Crippen LogP contribution in [-0.4, -0.2) is 38.9 Å². The molecule has 0 saturated carbocycles. The minimum Gasteiger partial charge on any atom is -0.454 e. The van der Waals surface area contributed by atoms with E-state index in [1.165, 1.54) is 4.57 Å². The molecule has 8 nitrogen and oxygen atoms in total. The lowest BCUT2D eigenvalue weighted by Crippen LogP contribution is -2.40. The molecule has 0 aliphatic carbocycles. The lowest BCUT2D eigenvalue weighted by atomic mass is 10.0. The van der Waals surface area contributed by atoms with E-state index < -0.39 is 0 Å². The van der Waals surface area contributed by atoms with Crippen molar-refractivity contribution in [3.8, 4) is 17.2 Å². The average Bonchev–Trinajstić information content (AvgIpc) is 3.34. The van der Waals surface area contributed by atoms with Crippen molar-refractivity contribution in [1.82, 2.24) is 19.7 Å². The molecule has 29 heavy (non-hydrogen) atoms. The van der Waals surface area contributed by atoms with Crippen LogP contribution in [-0.2, 0) is 13.0 Å². The van der Waals surface area contributed by atoms with Crippen LogP contribution in [0.1, 0.15) is 32.9 Å². The number of carbonyl (C=O) groups is 1. The largest absolute Gasteiger partial charge is 0.454 e. The van der Waals surface area contributed by atoms with E-state index >= 15 is 0 Å². The zero-order valence-electron chi connectivity index (χ0n) is 16.2. The van der Waals surface area contributed by atoms with Gasteiger partial charge in [-0.2, -0.15) is 5.10 Å². The van der Waals surface area contributed by atoms with E-state index in [1.807, 2.05) is 6.92 Å². The van der Waals surface area contributed by atoms with Gasteiger partial charge in [0, 0.05) is 43.0 Å². The molecule has 0 radical (unpaired) electrons. The molecule has 2 aromatic heterocycles. The van der Waals surface area contributed by atoms with Crippen molar-refractivity contribution in [2.45, 2.75) is 26.8 Å². The third kappa shape index (κ3) is 2.79. The Morgan fingerprint density at radius 2 is 2.00 bits per heavy atom. The van der Waals surface area contributed by atoms with Crippen molar-refractivity contribution >= 4 is 5.91 Å². The molecule has 0 unspecified atom stereocenters. The van der Waals surface area contributed by atoms with Gasteiger partial charge in [0.2, 0.25) is 6.79 Å². The number of nitrogens with zero attached hydrogens (tertiary/aromatic N) is 3. The monoisotopic (exact) mass is 392 g/mol. The Labute approximate surface area is 166 Å². The number of H-pyrrole nitrogens is 1. The maximum absolute atomic E-state index is 13.3. The number of benzene rings is 1. The van der Waals surface area contributed by atoms with Gasteiger partial charge in [-0.15, -0.1) is 0 Å². The smallest absolute Gasteiger partial charge is 0.268 e. The fourth-order valence-electron chi connectivity index (χ4n) is 3.89. The molecule has 4 heterocycles. The van der Waals surface area contributed by atoms with Gasteiger partial charge in [-0.1, -0.05) is 0 Å². The van der Waals surface area contributed by atoms with Gasteiger partial charge >= 0.3 is 0 Å². The Bertz CT molecular complexity index is 1190. The average molecular weight is 392 g/mol. The van der Waals surface area contributed by atoms with Crippen molar-refractivity contribution in [2.24, 2.45) is 0 Å². The summed E-state index contributed by atoms with van der Waals surface area (Å²) in [6, 6.07) is 7.08. The molecule has 0 spiro atoms. The summed E-state index contributed by atoms with van der Waals surface area (Å²) in [6.45, 7) is 4.88. The number of pyridine rings is 1. The van der Waals surface area contributed by atoms with Crippen LogP contribution in [0.25, 0.3) is 5.69 Å². The molecule has 2 aliphatic rings. The van der Waals surface area contributed by atoms with Crippen molar-refractivity contribution < 1.29 is 14.3 Å². The Morgan fingerprint density at radius 3 is 2.86 bits per heavy atom. The Balaban J connectivity index is 1.52. The van der Waals surface area contributed by atoms with Crippen LogP contribution in [0.5, 0.6) is 11.5 Å². The van der Waals surface area contributed by atoms with E-state index in [2.05, 4.69) is 10.2 Å². The normalized spacial score (nSPS) is 14.8. The number of fused-ring (bicyclic) bond motifs is 2. The molecule has 1 amide bonds. The van der Waals surface area contributed by atoms with Crippen LogP contribution in [0.4, 0.5) is 0 Å². The summed E-state index contributed by atoms with van der Waals surface area (Å²) in [6.07, 6.45) is 2.36. The van der Waals surface area contributed by atoms with E-state index in [1.54, 1.807) is 42.3 Å². The number of hydrogen-bond donors (Lipinski definition) is 1. The second kappa shape index (κ2) is 6.51.